The fraction of sp³-hybridized carbons (Fsp3) is 0.571. The molecule has 1 rings (SSSR count). The van der Waals surface area contributed by atoms with Gasteiger partial charge in [-0.3, -0.25) is 0 Å². The Labute approximate surface area is 113 Å². The second-order valence-corrected chi connectivity index (χ2v) is 5.64. The Hall–Kier alpha value is -0.380. The van der Waals surface area contributed by atoms with Crippen LogP contribution in [0.15, 0.2) is 28.7 Å². The fourth-order valence-electron chi connectivity index (χ4n) is 1.62. The lowest BCUT2D eigenvalue weighted by atomic mass is 10.1. The first kappa shape index (κ1) is 14.7. The predicted molar refractivity (Wildman–Crippen MR) is 78.4 cm³/mol. The minimum atomic E-state index is 0.733. The van der Waals surface area contributed by atoms with Crippen LogP contribution in [0.25, 0.3) is 0 Å². The molecule has 0 aliphatic heterocycles. The SMILES string of the molecule is CC(C)CNCCNCCc1cccc(Br)c1. The maximum atomic E-state index is 3.49. The Kier molecular flexibility index (Phi) is 7.49. The first-order valence-corrected chi connectivity index (χ1v) is 7.13. The van der Waals surface area contributed by atoms with Crippen LogP contribution in [0.4, 0.5) is 0 Å². The van der Waals surface area contributed by atoms with Crippen molar-refractivity contribution in [2.45, 2.75) is 20.3 Å². The largest absolute Gasteiger partial charge is 0.315 e. The van der Waals surface area contributed by atoms with Crippen molar-refractivity contribution in [1.82, 2.24) is 10.6 Å². The van der Waals surface area contributed by atoms with Crippen molar-refractivity contribution in [3.63, 3.8) is 0 Å². The lowest BCUT2D eigenvalue weighted by Crippen LogP contribution is -2.30. The zero-order chi connectivity index (χ0) is 12.5. The summed E-state index contributed by atoms with van der Waals surface area (Å²) in [5, 5.41) is 6.87. The van der Waals surface area contributed by atoms with E-state index in [-0.39, 0.29) is 0 Å². The van der Waals surface area contributed by atoms with E-state index in [9.17, 15) is 0 Å². The van der Waals surface area contributed by atoms with Gasteiger partial charge in [0.1, 0.15) is 0 Å². The molecule has 0 aliphatic carbocycles. The molecular weight excluding hydrogens is 276 g/mol. The van der Waals surface area contributed by atoms with Gasteiger partial charge in [0.25, 0.3) is 0 Å². The van der Waals surface area contributed by atoms with Crippen molar-refractivity contribution in [2.24, 2.45) is 5.92 Å². The highest BCUT2D eigenvalue weighted by Crippen LogP contribution is 2.11. The van der Waals surface area contributed by atoms with Gasteiger partial charge >= 0.3 is 0 Å². The van der Waals surface area contributed by atoms with Gasteiger partial charge in [-0.15, -0.1) is 0 Å². The first-order valence-electron chi connectivity index (χ1n) is 6.34. The molecule has 0 aromatic heterocycles. The molecule has 0 fully saturated rings. The molecule has 0 saturated carbocycles. The van der Waals surface area contributed by atoms with Crippen LogP contribution in [0.3, 0.4) is 0 Å². The maximum Gasteiger partial charge on any atom is 0.0178 e. The molecule has 0 spiro atoms. The highest BCUT2D eigenvalue weighted by Gasteiger charge is 1.95. The summed E-state index contributed by atoms with van der Waals surface area (Å²) in [6, 6.07) is 8.50. The van der Waals surface area contributed by atoms with Crippen molar-refractivity contribution in [1.29, 1.82) is 0 Å². The number of benzene rings is 1. The van der Waals surface area contributed by atoms with Crippen molar-refractivity contribution in [3.05, 3.63) is 34.3 Å². The molecule has 0 aliphatic rings. The highest BCUT2D eigenvalue weighted by molar-refractivity contribution is 9.10. The summed E-state index contributed by atoms with van der Waals surface area (Å²) in [6.45, 7) is 8.70. The van der Waals surface area contributed by atoms with E-state index >= 15 is 0 Å². The number of nitrogens with one attached hydrogen (secondary N) is 2. The molecule has 1 aromatic rings. The van der Waals surface area contributed by atoms with E-state index in [4.69, 9.17) is 0 Å². The van der Waals surface area contributed by atoms with Crippen molar-refractivity contribution in [3.8, 4) is 0 Å². The molecule has 17 heavy (non-hydrogen) atoms. The first-order chi connectivity index (χ1) is 8.18. The van der Waals surface area contributed by atoms with Crippen LogP contribution in [-0.2, 0) is 6.42 Å². The average Bonchev–Trinajstić information content (AvgIpc) is 2.27. The zero-order valence-corrected chi connectivity index (χ0v) is 12.4. The summed E-state index contributed by atoms with van der Waals surface area (Å²) < 4.78 is 1.16. The highest BCUT2D eigenvalue weighted by atomic mass is 79.9. The molecule has 0 saturated heterocycles. The van der Waals surface area contributed by atoms with Crippen molar-refractivity contribution < 1.29 is 0 Å². The molecule has 0 unspecified atom stereocenters. The normalized spacial score (nSPS) is 11.1. The molecule has 0 heterocycles. The Morgan fingerprint density at radius 1 is 1.12 bits per heavy atom. The van der Waals surface area contributed by atoms with Crippen LogP contribution in [0.1, 0.15) is 19.4 Å². The predicted octanol–water partition coefficient (Wildman–Crippen LogP) is 2.83. The molecule has 0 radical (unpaired) electrons. The van der Waals surface area contributed by atoms with Gasteiger partial charge in [-0.25, -0.2) is 0 Å². The van der Waals surface area contributed by atoms with E-state index in [1.54, 1.807) is 0 Å². The molecule has 2 nitrogen and oxygen atoms in total. The lowest BCUT2D eigenvalue weighted by molar-refractivity contribution is 0.536. The zero-order valence-electron chi connectivity index (χ0n) is 10.8. The smallest absolute Gasteiger partial charge is 0.0178 e. The van der Waals surface area contributed by atoms with Gasteiger partial charge in [0.2, 0.25) is 0 Å². The van der Waals surface area contributed by atoms with E-state index in [0.29, 0.717) is 0 Å². The Morgan fingerprint density at radius 3 is 2.59 bits per heavy atom. The number of hydrogen-bond acceptors (Lipinski definition) is 2. The van der Waals surface area contributed by atoms with Gasteiger partial charge in [0, 0.05) is 17.6 Å². The molecule has 0 bridgehead atoms. The summed E-state index contributed by atoms with van der Waals surface area (Å²) in [5.74, 6) is 0.733. The second kappa shape index (κ2) is 8.67. The van der Waals surface area contributed by atoms with Crippen LogP contribution in [0.5, 0.6) is 0 Å². The topological polar surface area (TPSA) is 24.1 Å². The fourth-order valence-corrected chi connectivity index (χ4v) is 2.06. The third-order valence-corrected chi connectivity index (χ3v) is 3.00. The van der Waals surface area contributed by atoms with E-state index in [1.165, 1.54) is 5.56 Å². The second-order valence-electron chi connectivity index (χ2n) is 4.73. The van der Waals surface area contributed by atoms with Crippen LogP contribution in [0, 0.1) is 5.92 Å². The van der Waals surface area contributed by atoms with E-state index < -0.39 is 0 Å². The molecule has 2 N–H and O–H groups in total. The Bertz CT molecular complexity index is 313. The average molecular weight is 299 g/mol. The van der Waals surface area contributed by atoms with Gasteiger partial charge in [0.15, 0.2) is 0 Å². The number of hydrogen-bond donors (Lipinski definition) is 2. The Balaban J connectivity index is 2.01. The van der Waals surface area contributed by atoms with Crippen LogP contribution in [-0.4, -0.2) is 26.2 Å². The monoisotopic (exact) mass is 298 g/mol. The lowest BCUT2D eigenvalue weighted by Gasteiger charge is -2.08. The summed E-state index contributed by atoms with van der Waals surface area (Å²) in [7, 11) is 0. The van der Waals surface area contributed by atoms with Gasteiger partial charge in [-0.1, -0.05) is 41.9 Å². The summed E-state index contributed by atoms with van der Waals surface area (Å²) >= 11 is 3.49. The van der Waals surface area contributed by atoms with E-state index in [1.807, 2.05) is 0 Å². The molecular formula is C14H23BrN2. The standard InChI is InChI=1S/C14H23BrN2/c1-12(2)11-17-9-8-16-7-6-13-4-3-5-14(15)10-13/h3-5,10,12,16-17H,6-9,11H2,1-2H3. The summed E-state index contributed by atoms with van der Waals surface area (Å²) in [6.07, 6.45) is 1.09. The van der Waals surface area contributed by atoms with Crippen LogP contribution < -0.4 is 10.6 Å². The molecule has 3 heteroatoms. The number of halogens is 1. The maximum absolute atomic E-state index is 3.49. The minimum Gasteiger partial charge on any atom is -0.315 e. The summed E-state index contributed by atoms with van der Waals surface area (Å²) in [4.78, 5) is 0. The van der Waals surface area contributed by atoms with Crippen molar-refractivity contribution in [2.75, 3.05) is 26.2 Å². The van der Waals surface area contributed by atoms with E-state index in [2.05, 4.69) is 64.7 Å². The quantitative estimate of drug-likeness (QED) is 0.721. The molecule has 0 amide bonds. The third kappa shape index (κ3) is 7.53. The van der Waals surface area contributed by atoms with Gasteiger partial charge in [-0.2, -0.15) is 0 Å². The molecule has 1 aromatic carbocycles. The third-order valence-electron chi connectivity index (χ3n) is 2.51. The van der Waals surface area contributed by atoms with Crippen LogP contribution in [0.2, 0.25) is 0 Å². The van der Waals surface area contributed by atoms with E-state index in [0.717, 1.165) is 43.0 Å². The van der Waals surface area contributed by atoms with Gasteiger partial charge in [-0.05, 0) is 43.1 Å². The Morgan fingerprint density at radius 2 is 1.88 bits per heavy atom. The minimum absolute atomic E-state index is 0.733. The summed E-state index contributed by atoms with van der Waals surface area (Å²) in [5.41, 5.74) is 1.38. The molecule has 96 valence electrons. The van der Waals surface area contributed by atoms with Crippen LogP contribution >= 0.6 is 15.9 Å². The molecule has 0 atom stereocenters. The van der Waals surface area contributed by atoms with Crippen molar-refractivity contribution >= 4 is 15.9 Å². The van der Waals surface area contributed by atoms with Gasteiger partial charge in [0.05, 0.1) is 0 Å². The number of rotatable bonds is 8. The van der Waals surface area contributed by atoms with Gasteiger partial charge < -0.3 is 10.6 Å².